The van der Waals surface area contributed by atoms with Crippen LogP contribution in [0.1, 0.15) is 17.8 Å². The SMILES string of the molecule is CCn1c(SCc2noc(-c3csc(C)n3)n2)nnc1-c1cccs1. The molecular formula is C15H14N6OS3. The molecule has 0 spiro atoms. The number of aryl methyl sites for hydroxylation is 1. The van der Waals surface area contributed by atoms with Crippen LogP contribution in [0.2, 0.25) is 0 Å². The summed E-state index contributed by atoms with van der Waals surface area (Å²) in [5, 5.41) is 18.4. The fourth-order valence-corrected chi connectivity index (χ4v) is 4.43. The molecule has 4 aromatic heterocycles. The maximum atomic E-state index is 5.30. The van der Waals surface area contributed by atoms with Crippen molar-refractivity contribution in [2.45, 2.75) is 31.3 Å². The second kappa shape index (κ2) is 7.06. The summed E-state index contributed by atoms with van der Waals surface area (Å²) in [4.78, 5) is 9.89. The zero-order valence-corrected chi connectivity index (χ0v) is 16.0. The van der Waals surface area contributed by atoms with E-state index in [1.165, 1.54) is 0 Å². The van der Waals surface area contributed by atoms with Crippen molar-refractivity contribution in [2.24, 2.45) is 0 Å². The number of hydrogen-bond donors (Lipinski definition) is 0. The van der Waals surface area contributed by atoms with Gasteiger partial charge in [-0.15, -0.1) is 32.9 Å². The third-order valence-electron chi connectivity index (χ3n) is 3.41. The van der Waals surface area contributed by atoms with Crippen LogP contribution in [0.5, 0.6) is 0 Å². The van der Waals surface area contributed by atoms with Gasteiger partial charge in [-0.1, -0.05) is 23.0 Å². The van der Waals surface area contributed by atoms with Crippen LogP contribution in [0.25, 0.3) is 22.3 Å². The second-order valence-electron chi connectivity index (χ2n) is 5.08. The molecule has 0 bridgehead atoms. The van der Waals surface area contributed by atoms with Crippen LogP contribution in [-0.4, -0.2) is 29.9 Å². The third-order valence-corrected chi connectivity index (χ3v) is 6.01. The van der Waals surface area contributed by atoms with E-state index in [2.05, 4.69) is 42.9 Å². The van der Waals surface area contributed by atoms with Crippen molar-refractivity contribution >= 4 is 34.4 Å². The lowest BCUT2D eigenvalue weighted by Crippen LogP contribution is -1.99. The van der Waals surface area contributed by atoms with E-state index < -0.39 is 0 Å². The van der Waals surface area contributed by atoms with Crippen LogP contribution < -0.4 is 0 Å². The van der Waals surface area contributed by atoms with Crippen molar-refractivity contribution < 1.29 is 4.52 Å². The van der Waals surface area contributed by atoms with Gasteiger partial charge in [-0.25, -0.2) is 4.98 Å². The average molecular weight is 391 g/mol. The number of hydrogen-bond acceptors (Lipinski definition) is 9. The molecule has 0 atom stereocenters. The van der Waals surface area contributed by atoms with Gasteiger partial charge in [0.2, 0.25) is 0 Å². The summed E-state index contributed by atoms with van der Waals surface area (Å²) >= 11 is 4.77. The topological polar surface area (TPSA) is 82.5 Å². The summed E-state index contributed by atoms with van der Waals surface area (Å²) in [6, 6.07) is 4.07. The third kappa shape index (κ3) is 3.37. The van der Waals surface area contributed by atoms with Crippen molar-refractivity contribution in [1.82, 2.24) is 29.9 Å². The number of nitrogens with zero attached hydrogens (tertiary/aromatic N) is 6. The molecule has 4 aromatic rings. The Kier molecular flexibility index (Phi) is 4.64. The second-order valence-corrected chi connectivity index (χ2v) is 8.04. The molecular weight excluding hydrogens is 376 g/mol. The van der Waals surface area contributed by atoms with Gasteiger partial charge in [0.1, 0.15) is 5.69 Å². The Labute approximate surface area is 156 Å². The number of rotatable bonds is 6. The van der Waals surface area contributed by atoms with Gasteiger partial charge in [-0.3, -0.25) is 0 Å². The molecule has 0 saturated heterocycles. The Morgan fingerprint density at radius 2 is 2.16 bits per heavy atom. The molecule has 0 aliphatic heterocycles. The Morgan fingerprint density at radius 1 is 1.24 bits per heavy atom. The summed E-state index contributed by atoms with van der Waals surface area (Å²) < 4.78 is 7.40. The fraction of sp³-hybridized carbons (Fsp3) is 0.267. The summed E-state index contributed by atoms with van der Waals surface area (Å²) in [5.74, 6) is 2.53. The summed E-state index contributed by atoms with van der Waals surface area (Å²) in [5.41, 5.74) is 0.725. The van der Waals surface area contributed by atoms with Crippen molar-refractivity contribution in [3.8, 4) is 22.3 Å². The van der Waals surface area contributed by atoms with E-state index in [1.54, 1.807) is 34.4 Å². The molecule has 25 heavy (non-hydrogen) atoms. The highest BCUT2D eigenvalue weighted by molar-refractivity contribution is 7.98. The van der Waals surface area contributed by atoms with Gasteiger partial charge in [0, 0.05) is 11.9 Å². The Balaban J connectivity index is 1.49. The summed E-state index contributed by atoms with van der Waals surface area (Å²) in [6.07, 6.45) is 0. The van der Waals surface area contributed by atoms with Gasteiger partial charge >= 0.3 is 0 Å². The van der Waals surface area contributed by atoms with Gasteiger partial charge in [-0.2, -0.15) is 4.98 Å². The fourth-order valence-electron chi connectivity index (χ4n) is 2.28. The van der Waals surface area contributed by atoms with Gasteiger partial charge in [-0.05, 0) is 25.3 Å². The van der Waals surface area contributed by atoms with Crippen molar-refractivity contribution in [3.05, 3.63) is 33.7 Å². The lowest BCUT2D eigenvalue weighted by Gasteiger charge is -2.04. The van der Waals surface area contributed by atoms with E-state index in [9.17, 15) is 0 Å². The van der Waals surface area contributed by atoms with Crippen LogP contribution in [0.15, 0.2) is 32.6 Å². The van der Waals surface area contributed by atoms with Gasteiger partial charge in [0.15, 0.2) is 16.8 Å². The van der Waals surface area contributed by atoms with Crippen molar-refractivity contribution in [3.63, 3.8) is 0 Å². The van der Waals surface area contributed by atoms with Crippen molar-refractivity contribution in [2.75, 3.05) is 0 Å². The molecule has 0 N–H and O–H groups in total. The van der Waals surface area contributed by atoms with Gasteiger partial charge in [0.05, 0.1) is 15.6 Å². The first-order valence-electron chi connectivity index (χ1n) is 7.59. The molecule has 10 heteroatoms. The van der Waals surface area contributed by atoms with Gasteiger partial charge < -0.3 is 9.09 Å². The highest BCUT2D eigenvalue weighted by Gasteiger charge is 2.16. The first-order chi connectivity index (χ1) is 12.2. The summed E-state index contributed by atoms with van der Waals surface area (Å²) in [7, 11) is 0. The minimum atomic E-state index is 0.455. The smallest absolute Gasteiger partial charge is 0.277 e. The van der Waals surface area contributed by atoms with E-state index in [-0.39, 0.29) is 0 Å². The molecule has 0 saturated carbocycles. The number of aromatic nitrogens is 6. The maximum absolute atomic E-state index is 5.30. The first kappa shape index (κ1) is 16.4. The Morgan fingerprint density at radius 3 is 2.88 bits per heavy atom. The standard InChI is InChI=1S/C15H14N6OS3/c1-3-21-13(11-5-4-6-23-11)18-19-15(21)25-8-12-17-14(22-20-12)10-7-24-9(2)16-10/h4-7H,3,8H2,1-2H3. The molecule has 0 aliphatic carbocycles. The molecule has 0 fully saturated rings. The lowest BCUT2D eigenvalue weighted by atomic mass is 10.4. The first-order valence-corrected chi connectivity index (χ1v) is 10.3. The predicted octanol–water partition coefficient (Wildman–Crippen LogP) is 4.13. The normalized spacial score (nSPS) is 11.3. The number of thiophene rings is 1. The zero-order chi connectivity index (χ0) is 17.2. The molecule has 0 radical (unpaired) electrons. The maximum Gasteiger partial charge on any atom is 0.277 e. The molecule has 7 nitrogen and oxygen atoms in total. The quantitative estimate of drug-likeness (QED) is 0.458. The van der Waals surface area contributed by atoms with Crippen LogP contribution in [0.4, 0.5) is 0 Å². The highest BCUT2D eigenvalue weighted by atomic mass is 32.2. The van der Waals surface area contributed by atoms with Crippen molar-refractivity contribution in [1.29, 1.82) is 0 Å². The largest absolute Gasteiger partial charge is 0.332 e. The highest BCUT2D eigenvalue weighted by Crippen LogP contribution is 2.28. The van der Waals surface area contributed by atoms with Crippen LogP contribution >= 0.6 is 34.4 Å². The molecule has 0 aromatic carbocycles. The number of thiazole rings is 1. The molecule has 4 heterocycles. The Hall–Kier alpha value is -2.04. The predicted molar refractivity (Wildman–Crippen MR) is 98.7 cm³/mol. The van der Waals surface area contributed by atoms with E-state index in [4.69, 9.17) is 4.52 Å². The zero-order valence-electron chi connectivity index (χ0n) is 13.5. The number of thioether (sulfide) groups is 1. The van der Waals surface area contributed by atoms with E-state index >= 15 is 0 Å². The Bertz CT molecular complexity index is 971. The monoisotopic (exact) mass is 390 g/mol. The van der Waals surface area contributed by atoms with E-state index in [0.29, 0.717) is 17.5 Å². The molecule has 4 rings (SSSR count). The lowest BCUT2D eigenvalue weighted by molar-refractivity contribution is 0.424. The minimum absolute atomic E-state index is 0.455. The van der Waals surface area contributed by atoms with Crippen LogP contribution in [0, 0.1) is 6.92 Å². The molecule has 0 aliphatic rings. The minimum Gasteiger partial charge on any atom is -0.332 e. The van der Waals surface area contributed by atoms with E-state index in [1.807, 2.05) is 23.8 Å². The van der Waals surface area contributed by atoms with Gasteiger partial charge in [0.25, 0.3) is 5.89 Å². The van der Waals surface area contributed by atoms with Crippen LogP contribution in [-0.2, 0) is 12.3 Å². The molecule has 0 amide bonds. The molecule has 128 valence electrons. The van der Waals surface area contributed by atoms with E-state index in [0.717, 1.165) is 33.1 Å². The molecule has 0 unspecified atom stereocenters. The summed E-state index contributed by atoms with van der Waals surface area (Å²) in [6.45, 7) is 4.84. The average Bonchev–Trinajstić information content (AvgIpc) is 3.38. The van der Waals surface area contributed by atoms with Crippen LogP contribution in [0.3, 0.4) is 0 Å².